The van der Waals surface area contributed by atoms with Gasteiger partial charge in [0.2, 0.25) is 0 Å². The molecular weight excluding hydrogens is 338 g/mol. The van der Waals surface area contributed by atoms with Crippen molar-refractivity contribution in [3.8, 4) is 0 Å². The molecule has 0 aliphatic heterocycles. The van der Waals surface area contributed by atoms with Crippen molar-refractivity contribution in [2.45, 2.75) is 34.2 Å². The first-order chi connectivity index (χ1) is 12.9. The van der Waals surface area contributed by atoms with Crippen molar-refractivity contribution < 1.29 is 9.32 Å². The fourth-order valence-corrected chi connectivity index (χ4v) is 3.22. The number of hydrogen-bond acceptors (Lipinski definition) is 4. The number of carbonyl (C=O) groups is 1. The summed E-state index contributed by atoms with van der Waals surface area (Å²) in [6.45, 7) is 8.60. The van der Waals surface area contributed by atoms with Gasteiger partial charge in [0.15, 0.2) is 5.76 Å². The number of aryl methyl sites for hydroxylation is 3. The van der Waals surface area contributed by atoms with Crippen LogP contribution in [-0.4, -0.2) is 18.1 Å². The van der Waals surface area contributed by atoms with Crippen LogP contribution in [0.2, 0.25) is 0 Å². The molecule has 3 rings (SSSR count). The third kappa shape index (κ3) is 4.03. The van der Waals surface area contributed by atoms with Crippen LogP contribution in [0, 0.1) is 27.7 Å². The maximum Gasteiger partial charge on any atom is 0.255 e. The summed E-state index contributed by atoms with van der Waals surface area (Å²) in [6.07, 6.45) is 0. The highest BCUT2D eigenvalue weighted by Gasteiger charge is 2.14. The van der Waals surface area contributed by atoms with E-state index >= 15 is 0 Å². The van der Waals surface area contributed by atoms with Gasteiger partial charge in [0, 0.05) is 24.8 Å². The normalized spacial score (nSPS) is 10.7. The number of benzene rings is 2. The highest BCUT2D eigenvalue weighted by molar-refractivity contribution is 6.04. The van der Waals surface area contributed by atoms with Crippen LogP contribution in [0.25, 0.3) is 0 Å². The van der Waals surface area contributed by atoms with Crippen LogP contribution in [-0.2, 0) is 6.54 Å². The summed E-state index contributed by atoms with van der Waals surface area (Å²) in [4.78, 5) is 14.6. The summed E-state index contributed by atoms with van der Waals surface area (Å²) >= 11 is 0. The molecule has 1 aromatic heterocycles. The Morgan fingerprint density at radius 3 is 2.41 bits per heavy atom. The molecule has 0 unspecified atom stereocenters. The fourth-order valence-electron chi connectivity index (χ4n) is 3.22. The van der Waals surface area contributed by atoms with Gasteiger partial charge in [-0.1, -0.05) is 29.4 Å². The first-order valence-corrected chi connectivity index (χ1v) is 8.97. The molecule has 0 saturated carbocycles. The van der Waals surface area contributed by atoms with Gasteiger partial charge in [0.05, 0.1) is 0 Å². The molecule has 0 atom stereocenters. The Balaban J connectivity index is 1.69. The molecule has 1 amide bonds. The number of anilines is 2. The zero-order valence-electron chi connectivity index (χ0n) is 16.5. The lowest BCUT2D eigenvalue weighted by molar-refractivity contribution is 0.102. The van der Waals surface area contributed by atoms with E-state index in [9.17, 15) is 4.79 Å². The molecule has 5 nitrogen and oxygen atoms in total. The van der Waals surface area contributed by atoms with Gasteiger partial charge in [-0.2, -0.15) is 0 Å². The van der Waals surface area contributed by atoms with E-state index in [4.69, 9.17) is 4.52 Å². The van der Waals surface area contributed by atoms with Gasteiger partial charge in [-0.3, -0.25) is 4.79 Å². The van der Waals surface area contributed by atoms with E-state index in [1.165, 1.54) is 0 Å². The fraction of sp³-hybridized carbons (Fsp3) is 0.273. The molecule has 1 N–H and O–H groups in total. The molecule has 0 saturated heterocycles. The minimum absolute atomic E-state index is 0.102. The van der Waals surface area contributed by atoms with E-state index in [-0.39, 0.29) is 5.91 Å². The maximum absolute atomic E-state index is 12.5. The Bertz CT molecular complexity index is 939. The zero-order chi connectivity index (χ0) is 19.6. The molecule has 140 valence electrons. The van der Waals surface area contributed by atoms with Gasteiger partial charge in [0.25, 0.3) is 5.91 Å². The maximum atomic E-state index is 12.5. The van der Waals surface area contributed by atoms with Gasteiger partial charge in [-0.25, -0.2) is 0 Å². The molecule has 0 fully saturated rings. The summed E-state index contributed by atoms with van der Waals surface area (Å²) in [5, 5.41) is 6.99. The van der Waals surface area contributed by atoms with Crippen molar-refractivity contribution in [3.05, 3.63) is 76.2 Å². The highest BCUT2D eigenvalue weighted by atomic mass is 16.5. The Kier molecular flexibility index (Phi) is 5.31. The molecule has 0 radical (unpaired) electrons. The number of amides is 1. The van der Waals surface area contributed by atoms with Crippen LogP contribution in [0.3, 0.4) is 0 Å². The van der Waals surface area contributed by atoms with Crippen LogP contribution >= 0.6 is 0 Å². The summed E-state index contributed by atoms with van der Waals surface area (Å²) in [6, 6.07) is 13.6. The highest BCUT2D eigenvalue weighted by Crippen LogP contribution is 2.24. The molecule has 0 aliphatic rings. The number of hydrogen-bond donors (Lipinski definition) is 1. The van der Waals surface area contributed by atoms with Crippen molar-refractivity contribution in [2.75, 3.05) is 17.3 Å². The van der Waals surface area contributed by atoms with Gasteiger partial charge in [0.1, 0.15) is 11.4 Å². The molecular formula is C22H25N3O2. The monoisotopic (exact) mass is 363 g/mol. The van der Waals surface area contributed by atoms with E-state index < -0.39 is 0 Å². The number of nitrogens with one attached hydrogen (secondary N) is 1. The molecule has 3 aromatic rings. The van der Waals surface area contributed by atoms with Crippen LogP contribution in [0.5, 0.6) is 0 Å². The second-order valence-electron chi connectivity index (χ2n) is 6.93. The Morgan fingerprint density at radius 1 is 1.07 bits per heavy atom. The molecule has 2 aromatic carbocycles. The predicted molar refractivity (Wildman–Crippen MR) is 108 cm³/mol. The molecule has 0 spiro atoms. The van der Waals surface area contributed by atoms with Gasteiger partial charge in [-0.15, -0.1) is 0 Å². The Morgan fingerprint density at radius 2 is 1.78 bits per heavy atom. The number of carbonyl (C=O) groups excluding carboxylic acids is 1. The summed E-state index contributed by atoms with van der Waals surface area (Å²) < 4.78 is 5.23. The van der Waals surface area contributed by atoms with Crippen LogP contribution in [0.1, 0.15) is 38.5 Å². The average molecular weight is 363 g/mol. The number of rotatable bonds is 5. The Hall–Kier alpha value is -3.08. The van der Waals surface area contributed by atoms with Crippen LogP contribution < -0.4 is 10.2 Å². The third-order valence-corrected chi connectivity index (χ3v) is 4.87. The second kappa shape index (κ2) is 7.66. The topological polar surface area (TPSA) is 58.4 Å². The lowest BCUT2D eigenvalue weighted by Crippen LogP contribution is -2.18. The Labute approximate surface area is 160 Å². The largest absolute Gasteiger partial charge is 0.366 e. The van der Waals surface area contributed by atoms with Crippen molar-refractivity contribution in [3.63, 3.8) is 0 Å². The molecule has 5 heteroatoms. The smallest absolute Gasteiger partial charge is 0.255 e. The summed E-state index contributed by atoms with van der Waals surface area (Å²) in [5.74, 6) is 0.703. The lowest BCUT2D eigenvalue weighted by Gasteiger charge is -2.19. The quantitative estimate of drug-likeness (QED) is 0.707. The minimum atomic E-state index is -0.102. The molecule has 27 heavy (non-hydrogen) atoms. The van der Waals surface area contributed by atoms with E-state index in [0.29, 0.717) is 12.1 Å². The van der Waals surface area contributed by atoms with E-state index in [1.54, 1.807) is 0 Å². The average Bonchev–Trinajstić information content (AvgIpc) is 2.98. The third-order valence-electron chi connectivity index (χ3n) is 4.87. The lowest BCUT2D eigenvalue weighted by atomic mass is 10.1. The standard InChI is InChI=1S/C22H25N3O2/c1-14-7-6-8-20(15(14)2)23-22(26)19-11-9-18(10-12-19)13-25(5)21-16(3)24-27-17(21)4/h6-12H,13H2,1-5H3,(H,23,26). The first kappa shape index (κ1) is 18.7. The van der Waals surface area contributed by atoms with E-state index in [1.807, 2.05) is 77.2 Å². The van der Waals surface area contributed by atoms with Crippen LogP contribution in [0.15, 0.2) is 47.0 Å². The number of nitrogens with zero attached hydrogens (tertiary/aromatic N) is 2. The van der Waals surface area contributed by atoms with Gasteiger partial charge < -0.3 is 14.7 Å². The number of aromatic nitrogens is 1. The van der Waals surface area contributed by atoms with Crippen molar-refractivity contribution in [1.29, 1.82) is 0 Å². The van der Waals surface area contributed by atoms with Gasteiger partial charge in [-0.05, 0) is 62.6 Å². The zero-order valence-corrected chi connectivity index (χ0v) is 16.5. The van der Waals surface area contributed by atoms with Crippen molar-refractivity contribution >= 4 is 17.3 Å². The molecule has 0 aliphatic carbocycles. The first-order valence-electron chi connectivity index (χ1n) is 8.97. The summed E-state index contributed by atoms with van der Waals surface area (Å²) in [7, 11) is 2.01. The second-order valence-corrected chi connectivity index (χ2v) is 6.93. The van der Waals surface area contributed by atoms with E-state index in [0.717, 1.165) is 39.5 Å². The van der Waals surface area contributed by atoms with Gasteiger partial charge >= 0.3 is 0 Å². The molecule has 0 bridgehead atoms. The summed E-state index contributed by atoms with van der Waals surface area (Å²) in [5.41, 5.74) is 6.72. The predicted octanol–water partition coefficient (Wildman–Crippen LogP) is 4.80. The molecule has 1 heterocycles. The minimum Gasteiger partial charge on any atom is -0.366 e. The van der Waals surface area contributed by atoms with Crippen molar-refractivity contribution in [2.24, 2.45) is 0 Å². The van der Waals surface area contributed by atoms with Crippen LogP contribution in [0.4, 0.5) is 11.4 Å². The van der Waals surface area contributed by atoms with Crippen molar-refractivity contribution in [1.82, 2.24) is 5.16 Å². The SMILES string of the molecule is Cc1cccc(NC(=O)c2ccc(CN(C)c3c(C)noc3C)cc2)c1C. The van der Waals surface area contributed by atoms with E-state index in [2.05, 4.69) is 15.4 Å².